The Morgan fingerprint density at radius 2 is 1.95 bits per heavy atom. The highest BCUT2D eigenvalue weighted by molar-refractivity contribution is 7.99. The van der Waals surface area contributed by atoms with E-state index in [-0.39, 0.29) is 24.4 Å². The third kappa shape index (κ3) is 5.97. The molecule has 0 aromatic heterocycles. The van der Waals surface area contributed by atoms with E-state index in [1.54, 1.807) is 36.0 Å². The molecular weight excluding hydrogens is 274 g/mol. The molecule has 0 spiro atoms. The van der Waals surface area contributed by atoms with Gasteiger partial charge in [0.05, 0.1) is 6.54 Å². The van der Waals surface area contributed by atoms with Crippen molar-refractivity contribution in [1.29, 1.82) is 0 Å². The maximum atomic E-state index is 11.8. The van der Waals surface area contributed by atoms with Gasteiger partial charge in [-0.1, -0.05) is 6.92 Å². The second-order valence-electron chi connectivity index (χ2n) is 4.43. The third-order valence-corrected chi connectivity index (χ3v) is 3.71. The molecule has 5 nitrogen and oxygen atoms in total. The first-order valence-electron chi connectivity index (χ1n) is 6.53. The molecule has 0 heterocycles. The molecule has 1 aromatic carbocycles. The van der Waals surface area contributed by atoms with Gasteiger partial charge in [0, 0.05) is 23.0 Å². The van der Waals surface area contributed by atoms with Crippen molar-refractivity contribution in [1.82, 2.24) is 10.6 Å². The molecule has 110 valence electrons. The number of benzene rings is 1. The minimum atomic E-state index is -0.282. The Kier molecular flexibility index (Phi) is 6.93. The minimum absolute atomic E-state index is 0.0235. The van der Waals surface area contributed by atoms with E-state index < -0.39 is 0 Å². The number of nitrogens with one attached hydrogen (secondary N) is 2. The van der Waals surface area contributed by atoms with E-state index in [1.165, 1.54) is 0 Å². The first kappa shape index (κ1) is 16.4. The molecule has 1 atom stereocenters. The summed E-state index contributed by atoms with van der Waals surface area (Å²) in [5, 5.41) is 5.42. The number of nitrogen functional groups attached to an aromatic ring is 1. The molecule has 0 radical (unpaired) electrons. The van der Waals surface area contributed by atoms with Gasteiger partial charge >= 0.3 is 0 Å². The van der Waals surface area contributed by atoms with E-state index in [2.05, 4.69) is 17.6 Å². The fourth-order valence-corrected chi connectivity index (χ4v) is 2.23. The highest BCUT2D eigenvalue weighted by Crippen LogP contribution is 2.05. The number of thioether (sulfide) groups is 1. The molecule has 1 aromatic rings. The summed E-state index contributed by atoms with van der Waals surface area (Å²) in [5.41, 5.74) is 6.63. The molecule has 0 saturated carbocycles. The van der Waals surface area contributed by atoms with Gasteiger partial charge in [-0.25, -0.2) is 0 Å². The average molecular weight is 295 g/mol. The lowest BCUT2D eigenvalue weighted by molar-refractivity contribution is -0.120. The Labute approximate surface area is 123 Å². The lowest BCUT2D eigenvalue weighted by Gasteiger charge is -2.13. The van der Waals surface area contributed by atoms with Crippen LogP contribution in [0.1, 0.15) is 24.2 Å². The molecule has 0 aliphatic rings. The van der Waals surface area contributed by atoms with Gasteiger partial charge in [0.2, 0.25) is 5.91 Å². The number of carbonyl (C=O) groups excluding carboxylic acids is 2. The standard InChI is InChI=1S/C14H21N3O2S/c1-3-20-9-10(2)17-13(18)8-16-14(19)11-4-6-12(15)7-5-11/h4-7,10H,3,8-9,15H2,1-2H3,(H,16,19)(H,17,18). The van der Waals surface area contributed by atoms with E-state index >= 15 is 0 Å². The molecule has 4 N–H and O–H groups in total. The SMILES string of the molecule is CCSCC(C)NC(=O)CNC(=O)c1ccc(N)cc1. The topological polar surface area (TPSA) is 84.2 Å². The van der Waals surface area contributed by atoms with Gasteiger partial charge in [-0.2, -0.15) is 11.8 Å². The zero-order valence-corrected chi connectivity index (χ0v) is 12.6. The third-order valence-electron chi connectivity index (χ3n) is 2.56. The summed E-state index contributed by atoms with van der Waals surface area (Å²) in [6, 6.07) is 6.66. The van der Waals surface area contributed by atoms with Gasteiger partial charge in [0.15, 0.2) is 0 Å². The van der Waals surface area contributed by atoms with Gasteiger partial charge < -0.3 is 16.4 Å². The van der Waals surface area contributed by atoms with Gasteiger partial charge in [-0.15, -0.1) is 0 Å². The van der Waals surface area contributed by atoms with Crippen LogP contribution in [-0.2, 0) is 4.79 Å². The Morgan fingerprint density at radius 1 is 1.30 bits per heavy atom. The molecule has 6 heteroatoms. The van der Waals surface area contributed by atoms with Crippen molar-refractivity contribution >= 4 is 29.3 Å². The summed E-state index contributed by atoms with van der Waals surface area (Å²) in [7, 11) is 0. The van der Waals surface area contributed by atoms with Crippen LogP contribution in [0, 0.1) is 0 Å². The Bertz CT molecular complexity index is 448. The predicted molar refractivity (Wildman–Crippen MR) is 83.8 cm³/mol. The van der Waals surface area contributed by atoms with Crippen molar-refractivity contribution in [2.24, 2.45) is 0 Å². The zero-order chi connectivity index (χ0) is 15.0. The molecule has 0 aliphatic heterocycles. The summed E-state index contributed by atoms with van der Waals surface area (Å²) in [6.45, 7) is 4.00. The van der Waals surface area contributed by atoms with E-state index in [9.17, 15) is 9.59 Å². The van der Waals surface area contributed by atoms with Crippen LogP contribution in [0.5, 0.6) is 0 Å². The van der Waals surface area contributed by atoms with Crippen LogP contribution in [0.25, 0.3) is 0 Å². The number of carbonyl (C=O) groups is 2. The molecule has 2 amide bonds. The van der Waals surface area contributed by atoms with Crippen LogP contribution >= 0.6 is 11.8 Å². The van der Waals surface area contributed by atoms with Gasteiger partial charge in [-0.3, -0.25) is 9.59 Å². The molecule has 1 rings (SSSR count). The van der Waals surface area contributed by atoms with Gasteiger partial charge in [0.25, 0.3) is 5.91 Å². The Hall–Kier alpha value is -1.69. The van der Waals surface area contributed by atoms with Crippen molar-refractivity contribution in [3.63, 3.8) is 0 Å². The van der Waals surface area contributed by atoms with E-state index in [1.807, 2.05) is 6.92 Å². The Morgan fingerprint density at radius 3 is 2.55 bits per heavy atom. The number of amides is 2. The van der Waals surface area contributed by atoms with Gasteiger partial charge in [0.1, 0.15) is 0 Å². The minimum Gasteiger partial charge on any atom is -0.399 e. The quantitative estimate of drug-likeness (QED) is 0.661. The van der Waals surface area contributed by atoms with E-state index in [0.717, 1.165) is 11.5 Å². The number of rotatable bonds is 7. The maximum absolute atomic E-state index is 11.8. The smallest absolute Gasteiger partial charge is 0.251 e. The predicted octanol–water partition coefficient (Wildman–Crippen LogP) is 1.26. The first-order chi connectivity index (χ1) is 9.52. The molecule has 20 heavy (non-hydrogen) atoms. The van der Waals surface area contributed by atoms with Crippen molar-refractivity contribution in [2.75, 3.05) is 23.8 Å². The average Bonchev–Trinajstić information content (AvgIpc) is 2.43. The fraction of sp³-hybridized carbons (Fsp3) is 0.429. The Balaban J connectivity index is 2.33. The summed E-state index contributed by atoms with van der Waals surface area (Å²) < 4.78 is 0. The molecule has 0 fully saturated rings. The summed E-state index contributed by atoms with van der Waals surface area (Å²) in [6.07, 6.45) is 0. The summed E-state index contributed by atoms with van der Waals surface area (Å²) in [5.74, 6) is 1.43. The van der Waals surface area contributed by atoms with Crippen molar-refractivity contribution in [3.05, 3.63) is 29.8 Å². The fourth-order valence-electron chi connectivity index (χ4n) is 1.56. The van der Waals surface area contributed by atoms with Crippen LogP contribution in [0.15, 0.2) is 24.3 Å². The zero-order valence-electron chi connectivity index (χ0n) is 11.8. The lowest BCUT2D eigenvalue weighted by atomic mass is 10.2. The molecule has 0 bridgehead atoms. The van der Waals surface area contributed by atoms with Crippen molar-refractivity contribution < 1.29 is 9.59 Å². The number of hydrogen-bond donors (Lipinski definition) is 3. The highest BCUT2D eigenvalue weighted by atomic mass is 32.2. The van der Waals surface area contributed by atoms with E-state index in [0.29, 0.717) is 11.3 Å². The van der Waals surface area contributed by atoms with E-state index in [4.69, 9.17) is 5.73 Å². The molecule has 0 aliphatic carbocycles. The van der Waals surface area contributed by atoms with Crippen LogP contribution < -0.4 is 16.4 Å². The largest absolute Gasteiger partial charge is 0.399 e. The van der Waals surface area contributed by atoms with Crippen molar-refractivity contribution in [3.8, 4) is 0 Å². The van der Waals surface area contributed by atoms with Crippen LogP contribution in [-0.4, -0.2) is 35.9 Å². The van der Waals surface area contributed by atoms with Crippen LogP contribution in [0.4, 0.5) is 5.69 Å². The number of nitrogens with two attached hydrogens (primary N) is 1. The summed E-state index contributed by atoms with van der Waals surface area (Å²) in [4.78, 5) is 23.4. The van der Waals surface area contributed by atoms with Crippen molar-refractivity contribution in [2.45, 2.75) is 19.9 Å². The lowest BCUT2D eigenvalue weighted by Crippen LogP contribution is -2.41. The normalized spacial score (nSPS) is 11.7. The highest BCUT2D eigenvalue weighted by Gasteiger charge is 2.10. The van der Waals surface area contributed by atoms with Crippen LogP contribution in [0.2, 0.25) is 0 Å². The molecular formula is C14H21N3O2S. The first-order valence-corrected chi connectivity index (χ1v) is 7.69. The second-order valence-corrected chi connectivity index (χ2v) is 5.75. The summed E-state index contributed by atoms with van der Waals surface area (Å²) >= 11 is 1.77. The molecule has 1 unspecified atom stereocenters. The van der Waals surface area contributed by atoms with Crippen LogP contribution in [0.3, 0.4) is 0 Å². The second kappa shape index (κ2) is 8.47. The number of hydrogen-bond acceptors (Lipinski definition) is 4. The number of anilines is 1. The maximum Gasteiger partial charge on any atom is 0.251 e. The monoisotopic (exact) mass is 295 g/mol. The molecule has 0 saturated heterocycles. The van der Waals surface area contributed by atoms with Gasteiger partial charge in [-0.05, 0) is 36.9 Å².